The molecule has 7 nitrogen and oxygen atoms in total. The first-order valence-corrected chi connectivity index (χ1v) is 8.70. The summed E-state index contributed by atoms with van der Waals surface area (Å²) in [5.74, 6) is 0.449. The molecule has 2 N–H and O–H groups in total. The lowest BCUT2D eigenvalue weighted by molar-refractivity contribution is -0.143. The number of halogens is 1. The van der Waals surface area contributed by atoms with Crippen LogP contribution in [-0.2, 0) is 9.53 Å². The summed E-state index contributed by atoms with van der Waals surface area (Å²) < 4.78 is 6.04. The van der Waals surface area contributed by atoms with Crippen molar-refractivity contribution < 1.29 is 9.53 Å². The van der Waals surface area contributed by atoms with Gasteiger partial charge < -0.3 is 15.4 Å². The summed E-state index contributed by atoms with van der Waals surface area (Å²) in [7, 11) is 0. The van der Waals surface area contributed by atoms with Crippen LogP contribution in [0.5, 0.6) is 0 Å². The van der Waals surface area contributed by atoms with Gasteiger partial charge in [0.05, 0.1) is 24.8 Å². The van der Waals surface area contributed by atoms with Crippen LogP contribution in [0.15, 0.2) is 37.2 Å². The number of nitrogen functional groups attached to an aromatic ring is 1. The Morgan fingerprint density at radius 2 is 2.19 bits per heavy atom. The van der Waals surface area contributed by atoms with Crippen LogP contribution in [-0.4, -0.2) is 44.5 Å². The van der Waals surface area contributed by atoms with Crippen molar-refractivity contribution in [2.24, 2.45) is 0 Å². The van der Waals surface area contributed by atoms with Crippen molar-refractivity contribution in [2.75, 3.05) is 18.9 Å². The molecule has 26 heavy (non-hydrogen) atoms. The maximum absolute atomic E-state index is 12.4. The fraction of sp³-hybridized carbons (Fsp3) is 0.333. The molecule has 1 aromatic carbocycles. The van der Waals surface area contributed by atoms with Crippen molar-refractivity contribution in [3.8, 4) is 11.4 Å². The third kappa shape index (κ3) is 3.15. The molecule has 2 aliphatic rings. The molecule has 134 valence electrons. The minimum atomic E-state index is -0.247. The van der Waals surface area contributed by atoms with Crippen molar-refractivity contribution in [3.63, 3.8) is 0 Å². The summed E-state index contributed by atoms with van der Waals surface area (Å²) in [5, 5.41) is 0.522. The Hall–Kier alpha value is -2.51. The molecule has 0 bridgehead atoms. The van der Waals surface area contributed by atoms with E-state index in [0.717, 1.165) is 18.4 Å². The molecule has 1 aromatic heterocycles. The van der Waals surface area contributed by atoms with E-state index in [1.54, 1.807) is 11.0 Å². The number of anilines is 1. The predicted molar refractivity (Wildman–Crippen MR) is 97.3 cm³/mol. The van der Waals surface area contributed by atoms with Gasteiger partial charge in [0, 0.05) is 10.6 Å². The van der Waals surface area contributed by atoms with Gasteiger partial charge in [0.15, 0.2) is 5.82 Å². The minimum Gasteiger partial charge on any atom is -0.371 e. The fourth-order valence-corrected chi connectivity index (χ4v) is 3.50. The number of nitrogens with zero attached hydrogens (tertiary/aromatic N) is 4. The second-order valence-electron chi connectivity index (χ2n) is 6.62. The first-order chi connectivity index (χ1) is 12.5. The van der Waals surface area contributed by atoms with Crippen molar-refractivity contribution in [3.05, 3.63) is 47.8 Å². The molecule has 0 radical (unpaired) electrons. The standard InChI is InChI=1S/C18H18ClN5O2/c1-2-15(25)24-9-18(3-4-18)26-8-14(24)11-5-12(7-13(19)6-11)16-21-10-22-17(20)23-16/h2,5-7,10,14H,1,3-4,8-9H2,(H2,20,21,22,23). The number of benzene rings is 1. The average molecular weight is 372 g/mol. The lowest BCUT2D eigenvalue weighted by atomic mass is 10.00. The van der Waals surface area contributed by atoms with E-state index >= 15 is 0 Å². The maximum atomic E-state index is 12.4. The Morgan fingerprint density at radius 3 is 2.88 bits per heavy atom. The largest absolute Gasteiger partial charge is 0.371 e. The van der Waals surface area contributed by atoms with Gasteiger partial charge in [-0.1, -0.05) is 18.2 Å². The maximum Gasteiger partial charge on any atom is 0.246 e. The molecule has 1 unspecified atom stereocenters. The number of hydrogen-bond donors (Lipinski definition) is 1. The quantitative estimate of drug-likeness (QED) is 0.832. The van der Waals surface area contributed by atoms with Crippen LogP contribution in [0.4, 0.5) is 5.95 Å². The van der Waals surface area contributed by atoms with Gasteiger partial charge in [0.1, 0.15) is 6.33 Å². The van der Waals surface area contributed by atoms with Crippen molar-refractivity contribution >= 4 is 23.5 Å². The molecule has 2 aromatic rings. The summed E-state index contributed by atoms with van der Waals surface area (Å²) in [5.41, 5.74) is 7.04. The number of rotatable bonds is 3. The molecule has 4 rings (SSSR count). The number of carbonyl (C=O) groups is 1. The molecule has 1 saturated carbocycles. The summed E-state index contributed by atoms with van der Waals surface area (Å²) in [6, 6.07) is 5.25. The molecular formula is C18H18ClN5O2. The number of ether oxygens (including phenoxy) is 1. The zero-order chi connectivity index (χ0) is 18.3. The molecule has 1 aliphatic heterocycles. The average Bonchev–Trinajstić information content (AvgIpc) is 3.39. The molecule has 8 heteroatoms. The monoisotopic (exact) mass is 371 g/mol. The van der Waals surface area contributed by atoms with E-state index in [1.807, 2.05) is 12.1 Å². The van der Waals surface area contributed by atoms with Crippen molar-refractivity contribution in [1.29, 1.82) is 0 Å². The van der Waals surface area contributed by atoms with E-state index < -0.39 is 0 Å². The minimum absolute atomic E-state index is 0.115. The highest BCUT2D eigenvalue weighted by molar-refractivity contribution is 6.31. The first kappa shape index (κ1) is 16.9. The van der Waals surface area contributed by atoms with Crippen molar-refractivity contribution in [2.45, 2.75) is 24.5 Å². The van der Waals surface area contributed by atoms with Gasteiger partial charge in [0.25, 0.3) is 0 Å². The molecule has 1 spiro atoms. The van der Waals surface area contributed by atoms with Gasteiger partial charge >= 0.3 is 0 Å². The number of amides is 1. The lowest BCUT2D eigenvalue weighted by Gasteiger charge is -2.40. The third-order valence-electron chi connectivity index (χ3n) is 4.80. The molecular weight excluding hydrogens is 354 g/mol. The Morgan fingerprint density at radius 1 is 1.38 bits per heavy atom. The second kappa shape index (κ2) is 6.34. The summed E-state index contributed by atoms with van der Waals surface area (Å²) in [6.45, 7) is 4.60. The molecule has 1 amide bonds. The van der Waals surface area contributed by atoms with Gasteiger partial charge in [-0.15, -0.1) is 0 Å². The van der Waals surface area contributed by atoms with Gasteiger partial charge in [-0.2, -0.15) is 4.98 Å². The molecule has 1 atom stereocenters. The Bertz CT molecular complexity index is 884. The zero-order valence-corrected chi connectivity index (χ0v) is 14.8. The second-order valence-corrected chi connectivity index (χ2v) is 7.06. The SMILES string of the molecule is C=CC(=O)N1CC2(CC2)OCC1c1cc(Cl)cc(-c2ncnc(N)n2)c1. The Balaban J connectivity index is 1.72. The third-order valence-corrected chi connectivity index (χ3v) is 5.02. The Labute approximate surface area is 155 Å². The van der Waals surface area contributed by atoms with E-state index in [9.17, 15) is 4.79 Å². The smallest absolute Gasteiger partial charge is 0.246 e. The molecule has 2 fully saturated rings. The highest BCUT2D eigenvalue weighted by Crippen LogP contribution is 2.46. The van der Waals surface area contributed by atoms with Gasteiger partial charge in [-0.05, 0) is 42.7 Å². The van der Waals surface area contributed by atoms with Crippen LogP contribution in [0.1, 0.15) is 24.4 Å². The number of nitrogens with two attached hydrogens (primary N) is 1. The summed E-state index contributed by atoms with van der Waals surface area (Å²) >= 11 is 6.32. The number of hydrogen-bond acceptors (Lipinski definition) is 6. The van der Waals surface area contributed by atoms with Crippen molar-refractivity contribution in [1.82, 2.24) is 19.9 Å². The van der Waals surface area contributed by atoms with Crippen LogP contribution in [0, 0.1) is 0 Å². The van der Waals surface area contributed by atoms with Crippen LogP contribution in [0.25, 0.3) is 11.4 Å². The van der Waals surface area contributed by atoms with E-state index in [1.165, 1.54) is 12.4 Å². The van der Waals surface area contributed by atoms with Gasteiger partial charge in [-0.25, -0.2) is 9.97 Å². The zero-order valence-electron chi connectivity index (χ0n) is 14.1. The lowest BCUT2D eigenvalue weighted by Crippen LogP contribution is -2.48. The van der Waals surface area contributed by atoms with E-state index in [4.69, 9.17) is 22.1 Å². The Kier molecular flexibility index (Phi) is 4.13. The summed E-state index contributed by atoms with van der Waals surface area (Å²) in [4.78, 5) is 26.3. The topological polar surface area (TPSA) is 94.2 Å². The van der Waals surface area contributed by atoms with E-state index in [-0.39, 0.29) is 23.5 Å². The summed E-state index contributed by atoms with van der Waals surface area (Å²) in [6.07, 6.45) is 4.65. The van der Waals surface area contributed by atoms with Crippen LogP contribution >= 0.6 is 11.6 Å². The molecule has 1 aliphatic carbocycles. The van der Waals surface area contributed by atoms with Gasteiger partial charge in [0.2, 0.25) is 11.9 Å². The highest BCUT2D eigenvalue weighted by atomic mass is 35.5. The van der Waals surface area contributed by atoms with Crippen LogP contribution in [0.2, 0.25) is 5.02 Å². The first-order valence-electron chi connectivity index (χ1n) is 8.32. The molecule has 1 saturated heterocycles. The fourth-order valence-electron chi connectivity index (χ4n) is 3.26. The number of carbonyl (C=O) groups excluding carboxylic acids is 1. The number of morpholine rings is 1. The normalized spacial score (nSPS) is 20.8. The van der Waals surface area contributed by atoms with Crippen LogP contribution in [0.3, 0.4) is 0 Å². The highest BCUT2D eigenvalue weighted by Gasteiger charge is 2.50. The number of aromatic nitrogens is 3. The van der Waals surface area contributed by atoms with E-state index in [0.29, 0.717) is 29.6 Å². The predicted octanol–water partition coefficient (Wildman–Crippen LogP) is 2.39. The van der Waals surface area contributed by atoms with Crippen LogP contribution < -0.4 is 5.73 Å². The van der Waals surface area contributed by atoms with Gasteiger partial charge in [-0.3, -0.25) is 4.79 Å². The molecule has 2 heterocycles. The van der Waals surface area contributed by atoms with E-state index in [2.05, 4.69) is 21.5 Å².